The topological polar surface area (TPSA) is 29.9 Å². The zero-order valence-corrected chi connectivity index (χ0v) is 10.7. The van der Waals surface area contributed by atoms with Crippen molar-refractivity contribution in [2.45, 2.75) is 25.4 Å². The first-order chi connectivity index (χ1) is 8.86. The van der Waals surface area contributed by atoms with Gasteiger partial charge in [-0.1, -0.05) is 6.07 Å². The van der Waals surface area contributed by atoms with Crippen LogP contribution in [-0.2, 0) is 6.54 Å². The molecule has 0 saturated heterocycles. The summed E-state index contributed by atoms with van der Waals surface area (Å²) >= 11 is 0. The average Bonchev–Trinajstić information content (AvgIpc) is 3.13. The Hall–Kier alpha value is -1.61. The van der Waals surface area contributed by atoms with E-state index in [9.17, 15) is 0 Å². The highest BCUT2D eigenvalue weighted by molar-refractivity contribution is 5.20. The van der Waals surface area contributed by atoms with E-state index in [2.05, 4.69) is 46.4 Å². The Kier molecular flexibility index (Phi) is 3.15. The first-order valence-electron chi connectivity index (χ1n) is 6.58. The SMILES string of the molecule is CNC(c1ccn(Cc2cccnc2)c1)C1CC1. The summed E-state index contributed by atoms with van der Waals surface area (Å²) in [7, 11) is 2.06. The number of hydrogen-bond donors (Lipinski definition) is 1. The number of pyridine rings is 1. The second kappa shape index (κ2) is 4.94. The van der Waals surface area contributed by atoms with Gasteiger partial charge in [0.1, 0.15) is 0 Å². The van der Waals surface area contributed by atoms with E-state index in [4.69, 9.17) is 0 Å². The summed E-state index contributed by atoms with van der Waals surface area (Å²) in [4.78, 5) is 4.15. The van der Waals surface area contributed by atoms with Gasteiger partial charge in [-0.25, -0.2) is 0 Å². The van der Waals surface area contributed by atoms with Crippen LogP contribution in [0.15, 0.2) is 43.0 Å². The molecule has 18 heavy (non-hydrogen) atoms. The Morgan fingerprint density at radius 2 is 2.33 bits per heavy atom. The molecule has 1 fully saturated rings. The Balaban J connectivity index is 1.73. The molecule has 2 aromatic rings. The van der Waals surface area contributed by atoms with Gasteiger partial charge >= 0.3 is 0 Å². The predicted molar refractivity (Wildman–Crippen MR) is 72.3 cm³/mol. The molecule has 0 spiro atoms. The van der Waals surface area contributed by atoms with Crippen LogP contribution in [0.3, 0.4) is 0 Å². The smallest absolute Gasteiger partial charge is 0.0485 e. The third kappa shape index (κ3) is 2.46. The monoisotopic (exact) mass is 241 g/mol. The Bertz CT molecular complexity index is 499. The van der Waals surface area contributed by atoms with Crippen molar-refractivity contribution < 1.29 is 0 Å². The summed E-state index contributed by atoms with van der Waals surface area (Å²) in [6.45, 7) is 0.898. The lowest BCUT2D eigenvalue weighted by Crippen LogP contribution is -2.17. The van der Waals surface area contributed by atoms with Gasteiger partial charge < -0.3 is 9.88 Å². The molecule has 1 N–H and O–H groups in total. The molecule has 1 aliphatic rings. The van der Waals surface area contributed by atoms with Gasteiger partial charge in [-0.05, 0) is 49.1 Å². The van der Waals surface area contributed by atoms with E-state index >= 15 is 0 Å². The van der Waals surface area contributed by atoms with Crippen molar-refractivity contribution in [2.24, 2.45) is 5.92 Å². The molecule has 0 aliphatic heterocycles. The van der Waals surface area contributed by atoms with Gasteiger partial charge in [0.15, 0.2) is 0 Å². The van der Waals surface area contributed by atoms with Crippen LogP contribution in [-0.4, -0.2) is 16.6 Å². The van der Waals surface area contributed by atoms with Gasteiger partial charge in [-0.2, -0.15) is 0 Å². The summed E-state index contributed by atoms with van der Waals surface area (Å²) in [6.07, 6.45) is 10.9. The maximum absolute atomic E-state index is 4.15. The molecule has 1 atom stereocenters. The van der Waals surface area contributed by atoms with Crippen molar-refractivity contribution in [3.05, 3.63) is 54.1 Å². The molecular formula is C15H19N3. The highest BCUT2D eigenvalue weighted by Gasteiger charge is 2.31. The highest BCUT2D eigenvalue weighted by Crippen LogP contribution is 2.40. The van der Waals surface area contributed by atoms with E-state index in [1.165, 1.54) is 24.0 Å². The molecule has 3 rings (SSSR count). The lowest BCUT2D eigenvalue weighted by atomic mass is 10.1. The molecule has 2 aromatic heterocycles. The zero-order valence-electron chi connectivity index (χ0n) is 10.7. The molecule has 0 amide bonds. The predicted octanol–water partition coefficient (Wildman–Crippen LogP) is 2.60. The van der Waals surface area contributed by atoms with E-state index in [1.54, 1.807) is 0 Å². The van der Waals surface area contributed by atoms with Crippen LogP contribution < -0.4 is 5.32 Å². The fourth-order valence-electron chi connectivity index (χ4n) is 2.55. The van der Waals surface area contributed by atoms with Crippen LogP contribution in [0.2, 0.25) is 0 Å². The molecule has 94 valence electrons. The summed E-state index contributed by atoms with van der Waals surface area (Å²) in [5.41, 5.74) is 2.65. The number of rotatable bonds is 5. The molecule has 1 unspecified atom stereocenters. The van der Waals surface area contributed by atoms with Crippen LogP contribution in [0.5, 0.6) is 0 Å². The number of hydrogen-bond acceptors (Lipinski definition) is 2. The third-order valence-electron chi connectivity index (χ3n) is 3.62. The Morgan fingerprint density at radius 3 is 3.00 bits per heavy atom. The van der Waals surface area contributed by atoms with E-state index < -0.39 is 0 Å². The fraction of sp³-hybridized carbons (Fsp3) is 0.400. The quantitative estimate of drug-likeness (QED) is 0.872. The number of nitrogens with zero attached hydrogens (tertiary/aromatic N) is 2. The Morgan fingerprint density at radius 1 is 1.44 bits per heavy atom. The minimum Gasteiger partial charge on any atom is -0.350 e. The van der Waals surface area contributed by atoms with Gasteiger partial charge in [-0.3, -0.25) is 4.98 Å². The largest absolute Gasteiger partial charge is 0.350 e. The molecule has 0 radical (unpaired) electrons. The van der Waals surface area contributed by atoms with Crippen molar-refractivity contribution in [1.29, 1.82) is 0 Å². The molecule has 0 aromatic carbocycles. The summed E-state index contributed by atoms with van der Waals surface area (Å²) in [6, 6.07) is 6.86. The molecule has 3 heteroatoms. The molecular weight excluding hydrogens is 222 g/mol. The fourth-order valence-corrected chi connectivity index (χ4v) is 2.55. The second-order valence-electron chi connectivity index (χ2n) is 5.08. The van der Waals surface area contributed by atoms with Gasteiger partial charge in [-0.15, -0.1) is 0 Å². The van der Waals surface area contributed by atoms with E-state index in [0.717, 1.165) is 12.5 Å². The molecule has 2 heterocycles. The molecule has 0 bridgehead atoms. The first-order valence-corrected chi connectivity index (χ1v) is 6.58. The van der Waals surface area contributed by atoms with Crippen LogP contribution in [0.25, 0.3) is 0 Å². The van der Waals surface area contributed by atoms with Gasteiger partial charge in [0.25, 0.3) is 0 Å². The van der Waals surface area contributed by atoms with Crippen molar-refractivity contribution >= 4 is 0 Å². The minimum absolute atomic E-state index is 0.528. The minimum atomic E-state index is 0.528. The lowest BCUT2D eigenvalue weighted by Gasteiger charge is -2.13. The third-order valence-corrected chi connectivity index (χ3v) is 3.62. The van der Waals surface area contributed by atoms with Crippen LogP contribution >= 0.6 is 0 Å². The first kappa shape index (κ1) is 11.5. The average molecular weight is 241 g/mol. The number of nitrogens with one attached hydrogen (secondary N) is 1. The van der Waals surface area contributed by atoms with Crippen LogP contribution in [0.4, 0.5) is 0 Å². The van der Waals surface area contributed by atoms with Crippen molar-refractivity contribution in [1.82, 2.24) is 14.9 Å². The molecule has 3 nitrogen and oxygen atoms in total. The van der Waals surface area contributed by atoms with Gasteiger partial charge in [0, 0.05) is 37.4 Å². The van der Waals surface area contributed by atoms with Crippen molar-refractivity contribution in [3.63, 3.8) is 0 Å². The molecule has 1 aliphatic carbocycles. The zero-order chi connectivity index (χ0) is 12.4. The van der Waals surface area contributed by atoms with E-state index in [-0.39, 0.29) is 0 Å². The maximum Gasteiger partial charge on any atom is 0.0485 e. The standard InChI is InChI=1S/C15H19N3/c1-16-15(13-4-5-13)14-6-8-18(11-14)10-12-3-2-7-17-9-12/h2-3,6-9,11,13,15-16H,4-5,10H2,1H3. The van der Waals surface area contributed by atoms with Crippen LogP contribution in [0, 0.1) is 5.92 Å². The number of aromatic nitrogens is 2. The Labute approximate surface area is 108 Å². The van der Waals surface area contributed by atoms with Crippen molar-refractivity contribution in [3.8, 4) is 0 Å². The molecule has 1 saturated carbocycles. The van der Waals surface area contributed by atoms with Crippen molar-refractivity contribution in [2.75, 3.05) is 7.05 Å². The normalized spacial score (nSPS) is 16.7. The van der Waals surface area contributed by atoms with E-state index in [1.807, 2.05) is 18.5 Å². The van der Waals surface area contributed by atoms with E-state index in [0.29, 0.717) is 6.04 Å². The van der Waals surface area contributed by atoms with Gasteiger partial charge in [0.2, 0.25) is 0 Å². The summed E-state index contributed by atoms with van der Waals surface area (Å²) in [5, 5.41) is 3.43. The van der Waals surface area contributed by atoms with Gasteiger partial charge in [0.05, 0.1) is 0 Å². The highest BCUT2D eigenvalue weighted by atomic mass is 15.0. The second-order valence-corrected chi connectivity index (χ2v) is 5.08. The van der Waals surface area contributed by atoms with Crippen LogP contribution in [0.1, 0.15) is 30.0 Å². The summed E-state index contributed by atoms with van der Waals surface area (Å²) < 4.78 is 2.24. The maximum atomic E-state index is 4.15. The lowest BCUT2D eigenvalue weighted by molar-refractivity contribution is 0.528. The summed E-state index contributed by atoms with van der Waals surface area (Å²) in [5.74, 6) is 0.837.